The van der Waals surface area contributed by atoms with Gasteiger partial charge in [0.15, 0.2) is 0 Å². The van der Waals surface area contributed by atoms with E-state index in [1.54, 1.807) is 18.3 Å². The van der Waals surface area contributed by atoms with Crippen LogP contribution in [-0.2, 0) is 24.4 Å². The van der Waals surface area contributed by atoms with Crippen molar-refractivity contribution in [3.8, 4) is 5.88 Å². The lowest BCUT2D eigenvalue weighted by Gasteiger charge is -2.15. The summed E-state index contributed by atoms with van der Waals surface area (Å²) in [5, 5.41) is 2.76. The maximum Gasteiger partial charge on any atom is 0.257 e. The van der Waals surface area contributed by atoms with E-state index in [1.165, 1.54) is 5.56 Å². The Kier molecular flexibility index (Phi) is 7.90. The topological polar surface area (TPSA) is 71.5 Å². The van der Waals surface area contributed by atoms with Crippen molar-refractivity contribution in [3.63, 3.8) is 0 Å². The minimum Gasteiger partial charge on any atom is -0.472 e. The molecule has 1 N–H and O–H groups in total. The summed E-state index contributed by atoms with van der Waals surface area (Å²) >= 11 is 0. The number of ether oxygens (including phenoxy) is 1. The summed E-state index contributed by atoms with van der Waals surface area (Å²) in [6, 6.07) is 20.4. The molecule has 3 aromatic rings. The molecule has 3 rings (SSSR count). The molecule has 0 radical (unpaired) electrons. The molecule has 1 atom stereocenters. The first-order valence-electron chi connectivity index (χ1n) is 10.2. The number of aldehydes is 1. The fraction of sp³-hybridized carbons (Fsp3) is 0.240. The highest BCUT2D eigenvalue weighted by Crippen LogP contribution is 2.17. The molecule has 31 heavy (non-hydrogen) atoms. The summed E-state index contributed by atoms with van der Waals surface area (Å²) in [6.07, 6.45) is 2.75. The van der Waals surface area contributed by atoms with Crippen molar-refractivity contribution >= 4 is 12.2 Å². The molecule has 1 unspecified atom stereocenters. The molecule has 0 bridgehead atoms. The van der Waals surface area contributed by atoms with Gasteiger partial charge < -0.3 is 19.7 Å². The van der Waals surface area contributed by atoms with Crippen molar-refractivity contribution in [1.82, 2.24) is 15.2 Å². The van der Waals surface area contributed by atoms with E-state index in [0.29, 0.717) is 18.6 Å². The van der Waals surface area contributed by atoms with Gasteiger partial charge in [0, 0.05) is 12.7 Å². The van der Waals surface area contributed by atoms with Crippen molar-refractivity contribution in [2.75, 3.05) is 14.1 Å². The van der Waals surface area contributed by atoms with Gasteiger partial charge in [-0.2, -0.15) is 0 Å². The van der Waals surface area contributed by atoms with E-state index in [4.69, 9.17) is 4.74 Å². The van der Waals surface area contributed by atoms with Gasteiger partial charge in [-0.1, -0.05) is 54.6 Å². The van der Waals surface area contributed by atoms with Crippen LogP contribution in [0.2, 0.25) is 0 Å². The molecule has 0 fully saturated rings. The number of benzene rings is 2. The van der Waals surface area contributed by atoms with Gasteiger partial charge in [-0.25, -0.2) is 4.98 Å². The fourth-order valence-corrected chi connectivity index (χ4v) is 3.18. The van der Waals surface area contributed by atoms with Crippen LogP contribution in [0.4, 0.5) is 0 Å². The van der Waals surface area contributed by atoms with E-state index < -0.39 is 11.9 Å². The molecule has 0 saturated carbocycles. The van der Waals surface area contributed by atoms with Crippen LogP contribution >= 0.6 is 0 Å². The smallest absolute Gasteiger partial charge is 0.257 e. The summed E-state index contributed by atoms with van der Waals surface area (Å²) in [6.45, 7) is 1.16. The van der Waals surface area contributed by atoms with E-state index in [0.717, 1.165) is 24.0 Å². The molecule has 0 saturated heterocycles. The Bertz CT molecular complexity index is 988. The van der Waals surface area contributed by atoms with Crippen LogP contribution in [0.25, 0.3) is 0 Å². The Morgan fingerprint density at radius 3 is 2.39 bits per heavy atom. The van der Waals surface area contributed by atoms with Crippen LogP contribution in [0.1, 0.15) is 27.0 Å². The van der Waals surface area contributed by atoms with Crippen molar-refractivity contribution in [2.24, 2.45) is 0 Å². The predicted octanol–water partition coefficient (Wildman–Crippen LogP) is 3.26. The number of carbonyl (C=O) groups is 2. The number of amides is 1. The van der Waals surface area contributed by atoms with E-state index in [9.17, 15) is 9.59 Å². The van der Waals surface area contributed by atoms with Gasteiger partial charge in [0.2, 0.25) is 5.88 Å². The van der Waals surface area contributed by atoms with Gasteiger partial charge in [0.1, 0.15) is 18.5 Å². The van der Waals surface area contributed by atoms with E-state index >= 15 is 0 Å². The van der Waals surface area contributed by atoms with Crippen molar-refractivity contribution in [3.05, 3.63) is 95.2 Å². The molecule has 6 heteroatoms. The van der Waals surface area contributed by atoms with Crippen LogP contribution in [0, 0.1) is 0 Å². The maximum atomic E-state index is 12.8. The average molecular weight is 418 g/mol. The first-order valence-corrected chi connectivity index (χ1v) is 10.2. The Labute approximate surface area is 182 Å². The largest absolute Gasteiger partial charge is 0.472 e. The number of hydrogen-bond donors (Lipinski definition) is 1. The van der Waals surface area contributed by atoms with Crippen LogP contribution in [0.15, 0.2) is 72.9 Å². The van der Waals surface area contributed by atoms with Gasteiger partial charge in [0.05, 0.1) is 6.04 Å². The zero-order valence-corrected chi connectivity index (χ0v) is 17.8. The van der Waals surface area contributed by atoms with Gasteiger partial charge in [0.25, 0.3) is 5.91 Å². The summed E-state index contributed by atoms with van der Waals surface area (Å²) in [4.78, 5) is 30.6. The SMILES string of the molecule is CN(C)Cc1ccc(COc2ncccc2C(=O)NC(C=O)Cc2ccccc2)cc1. The predicted molar refractivity (Wildman–Crippen MR) is 120 cm³/mol. The third-order valence-corrected chi connectivity index (χ3v) is 4.69. The van der Waals surface area contributed by atoms with Crippen molar-refractivity contribution in [2.45, 2.75) is 25.6 Å². The number of aromatic nitrogens is 1. The second-order valence-electron chi connectivity index (χ2n) is 7.60. The molecule has 1 amide bonds. The fourth-order valence-electron chi connectivity index (χ4n) is 3.18. The summed E-state index contributed by atoms with van der Waals surface area (Å²) in [5.74, 6) is -0.154. The molecule has 1 heterocycles. The van der Waals surface area contributed by atoms with Gasteiger partial charge in [-0.15, -0.1) is 0 Å². The second-order valence-corrected chi connectivity index (χ2v) is 7.60. The third kappa shape index (κ3) is 6.76. The monoisotopic (exact) mass is 417 g/mol. The van der Waals surface area contributed by atoms with E-state index in [2.05, 4.69) is 27.3 Å². The van der Waals surface area contributed by atoms with Crippen molar-refractivity contribution < 1.29 is 14.3 Å². The highest BCUT2D eigenvalue weighted by Gasteiger charge is 2.18. The number of nitrogens with zero attached hydrogens (tertiary/aromatic N) is 2. The molecular formula is C25H27N3O3. The Morgan fingerprint density at radius 2 is 1.71 bits per heavy atom. The van der Waals surface area contributed by atoms with Gasteiger partial charge in [-0.05, 0) is 49.3 Å². The highest BCUT2D eigenvalue weighted by atomic mass is 16.5. The Hall–Kier alpha value is -3.51. The molecule has 1 aromatic heterocycles. The second kappa shape index (κ2) is 11.0. The minimum absolute atomic E-state index is 0.238. The first-order chi connectivity index (χ1) is 15.0. The number of pyridine rings is 1. The molecule has 160 valence electrons. The van der Waals surface area contributed by atoms with Gasteiger partial charge in [-0.3, -0.25) is 4.79 Å². The molecule has 0 spiro atoms. The number of rotatable bonds is 10. The number of carbonyl (C=O) groups excluding carboxylic acids is 2. The average Bonchev–Trinajstić information content (AvgIpc) is 2.78. The van der Waals surface area contributed by atoms with E-state index in [1.807, 2.05) is 56.6 Å². The Morgan fingerprint density at radius 1 is 1.00 bits per heavy atom. The lowest BCUT2D eigenvalue weighted by atomic mass is 10.1. The van der Waals surface area contributed by atoms with Crippen LogP contribution in [0.3, 0.4) is 0 Å². The van der Waals surface area contributed by atoms with Gasteiger partial charge >= 0.3 is 0 Å². The summed E-state index contributed by atoms with van der Waals surface area (Å²) in [7, 11) is 4.05. The summed E-state index contributed by atoms with van der Waals surface area (Å²) < 4.78 is 5.83. The molecule has 0 aliphatic heterocycles. The molecular weight excluding hydrogens is 390 g/mol. The first kappa shape index (κ1) is 22.2. The highest BCUT2D eigenvalue weighted by molar-refractivity contribution is 5.97. The quantitative estimate of drug-likeness (QED) is 0.513. The van der Waals surface area contributed by atoms with Crippen LogP contribution in [0.5, 0.6) is 5.88 Å². The molecule has 6 nitrogen and oxygen atoms in total. The lowest BCUT2D eigenvalue weighted by molar-refractivity contribution is -0.109. The van der Waals surface area contributed by atoms with Crippen LogP contribution < -0.4 is 10.1 Å². The third-order valence-electron chi connectivity index (χ3n) is 4.69. The Balaban J connectivity index is 1.63. The van der Waals surface area contributed by atoms with Crippen LogP contribution in [-0.4, -0.2) is 42.2 Å². The molecule has 0 aliphatic rings. The zero-order valence-electron chi connectivity index (χ0n) is 17.8. The molecule has 0 aliphatic carbocycles. The lowest BCUT2D eigenvalue weighted by Crippen LogP contribution is -2.37. The molecule has 2 aromatic carbocycles. The van der Waals surface area contributed by atoms with E-state index in [-0.39, 0.29) is 5.88 Å². The maximum absolute atomic E-state index is 12.8. The number of nitrogens with one attached hydrogen (secondary N) is 1. The zero-order chi connectivity index (χ0) is 22.1. The van der Waals surface area contributed by atoms with Crippen molar-refractivity contribution in [1.29, 1.82) is 0 Å². The minimum atomic E-state index is -0.632. The normalized spacial score (nSPS) is 11.7. The standard InChI is InChI=1S/C25H27N3O3/c1-28(2)16-20-10-12-21(13-11-20)18-31-25-23(9-6-14-26-25)24(30)27-22(17-29)15-19-7-4-3-5-8-19/h3-14,17,22H,15-16,18H2,1-2H3,(H,27,30). The summed E-state index contributed by atoms with van der Waals surface area (Å²) in [5.41, 5.74) is 3.46. The number of hydrogen-bond acceptors (Lipinski definition) is 5.